The SMILES string of the molecule is CC(C)N1[C@H]2CC[C@H]1CC(C(=O)NCCCN(Cc1cccnc1)C(=O)OC(C)(C)C)C2. The van der Waals surface area contributed by atoms with Gasteiger partial charge in [0.05, 0.1) is 6.54 Å². The molecule has 2 fully saturated rings. The molecule has 3 heterocycles. The van der Waals surface area contributed by atoms with E-state index in [1.165, 1.54) is 12.8 Å². The molecule has 0 aromatic carbocycles. The van der Waals surface area contributed by atoms with Gasteiger partial charge in [-0.3, -0.25) is 14.7 Å². The summed E-state index contributed by atoms with van der Waals surface area (Å²) in [5, 5.41) is 3.12. The van der Waals surface area contributed by atoms with Crippen LogP contribution in [0.5, 0.6) is 0 Å². The van der Waals surface area contributed by atoms with E-state index in [1.54, 1.807) is 17.3 Å². The van der Waals surface area contributed by atoms with Gasteiger partial charge in [0, 0.05) is 49.5 Å². The summed E-state index contributed by atoms with van der Waals surface area (Å²) in [7, 11) is 0. The fourth-order valence-electron chi connectivity index (χ4n) is 5.17. The third-order valence-electron chi connectivity index (χ3n) is 6.41. The number of nitrogens with one attached hydrogen (secondary N) is 1. The number of fused-ring (bicyclic) bond motifs is 2. The molecule has 2 saturated heterocycles. The highest BCUT2D eigenvalue weighted by Crippen LogP contribution is 2.39. The van der Waals surface area contributed by atoms with E-state index in [4.69, 9.17) is 4.74 Å². The second-order valence-corrected chi connectivity index (χ2v) is 10.5. The van der Waals surface area contributed by atoms with Crippen molar-refractivity contribution in [3.8, 4) is 0 Å². The van der Waals surface area contributed by atoms with Crippen molar-refractivity contribution in [2.45, 2.75) is 97.0 Å². The van der Waals surface area contributed by atoms with E-state index in [-0.39, 0.29) is 17.9 Å². The molecule has 2 amide bonds. The number of hydrogen-bond acceptors (Lipinski definition) is 5. The predicted molar refractivity (Wildman–Crippen MR) is 125 cm³/mol. The van der Waals surface area contributed by atoms with Crippen molar-refractivity contribution in [3.05, 3.63) is 30.1 Å². The second-order valence-electron chi connectivity index (χ2n) is 10.5. The Labute approximate surface area is 192 Å². The number of nitrogens with zero attached hydrogens (tertiary/aromatic N) is 3. The number of pyridine rings is 1. The van der Waals surface area contributed by atoms with Gasteiger partial charge in [-0.2, -0.15) is 0 Å². The van der Waals surface area contributed by atoms with Crippen molar-refractivity contribution < 1.29 is 14.3 Å². The highest BCUT2D eigenvalue weighted by molar-refractivity contribution is 5.79. The number of carbonyl (C=O) groups excluding carboxylic acids is 2. The van der Waals surface area contributed by atoms with Gasteiger partial charge in [0.15, 0.2) is 0 Å². The number of carbonyl (C=O) groups is 2. The summed E-state index contributed by atoms with van der Waals surface area (Å²) in [5.74, 6) is 0.279. The number of aromatic nitrogens is 1. The van der Waals surface area contributed by atoms with Gasteiger partial charge in [0.25, 0.3) is 0 Å². The Morgan fingerprint density at radius 3 is 2.50 bits per heavy atom. The van der Waals surface area contributed by atoms with E-state index in [9.17, 15) is 9.59 Å². The number of hydrogen-bond donors (Lipinski definition) is 1. The number of amides is 2. The predicted octanol–water partition coefficient (Wildman–Crippen LogP) is 3.98. The van der Waals surface area contributed by atoms with Gasteiger partial charge in [-0.1, -0.05) is 6.07 Å². The molecule has 7 nitrogen and oxygen atoms in total. The van der Waals surface area contributed by atoms with Gasteiger partial charge in [0.2, 0.25) is 5.91 Å². The Balaban J connectivity index is 1.48. The number of piperidine rings is 1. The van der Waals surface area contributed by atoms with Gasteiger partial charge in [0.1, 0.15) is 5.60 Å². The van der Waals surface area contributed by atoms with E-state index >= 15 is 0 Å². The zero-order valence-electron chi connectivity index (χ0n) is 20.3. The van der Waals surface area contributed by atoms with E-state index < -0.39 is 5.60 Å². The molecule has 0 spiro atoms. The van der Waals surface area contributed by atoms with Crippen LogP contribution < -0.4 is 5.32 Å². The maximum atomic E-state index is 12.8. The minimum Gasteiger partial charge on any atom is -0.444 e. The van der Waals surface area contributed by atoms with Crippen molar-refractivity contribution in [3.63, 3.8) is 0 Å². The van der Waals surface area contributed by atoms with Crippen LogP contribution in [0, 0.1) is 5.92 Å². The smallest absolute Gasteiger partial charge is 0.410 e. The Morgan fingerprint density at radius 2 is 1.94 bits per heavy atom. The summed E-state index contributed by atoms with van der Waals surface area (Å²) in [6.45, 7) is 11.6. The first-order chi connectivity index (χ1) is 15.1. The molecule has 178 valence electrons. The molecule has 32 heavy (non-hydrogen) atoms. The van der Waals surface area contributed by atoms with Crippen molar-refractivity contribution in [1.29, 1.82) is 0 Å². The van der Waals surface area contributed by atoms with E-state index in [0.29, 0.717) is 44.2 Å². The largest absolute Gasteiger partial charge is 0.444 e. The fraction of sp³-hybridized carbons (Fsp3) is 0.720. The number of rotatable bonds is 8. The van der Waals surface area contributed by atoms with Crippen LogP contribution in [0.2, 0.25) is 0 Å². The van der Waals surface area contributed by atoms with Crippen LogP contribution in [0.4, 0.5) is 4.79 Å². The topological polar surface area (TPSA) is 74.8 Å². The van der Waals surface area contributed by atoms with Gasteiger partial charge >= 0.3 is 6.09 Å². The average Bonchev–Trinajstić information content (AvgIpc) is 2.99. The van der Waals surface area contributed by atoms with E-state index in [0.717, 1.165) is 18.4 Å². The lowest BCUT2D eigenvalue weighted by Crippen LogP contribution is -2.49. The second kappa shape index (κ2) is 10.6. The van der Waals surface area contributed by atoms with Gasteiger partial charge < -0.3 is 15.0 Å². The lowest BCUT2D eigenvalue weighted by molar-refractivity contribution is -0.127. The summed E-state index contributed by atoms with van der Waals surface area (Å²) in [6, 6.07) is 5.46. The molecule has 1 N–H and O–H groups in total. The van der Waals surface area contributed by atoms with Crippen LogP contribution >= 0.6 is 0 Å². The molecular formula is C25H40N4O3. The molecule has 2 atom stereocenters. The van der Waals surface area contributed by atoms with Crippen molar-refractivity contribution in [1.82, 2.24) is 20.1 Å². The molecule has 1 aromatic rings. The average molecular weight is 445 g/mol. The zero-order chi connectivity index (χ0) is 23.3. The third-order valence-corrected chi connectivity index (χ3v) is 6.41. The van der Waals surface area contributed by atoms with E-state index in [2.05, 4.69) is 29.0 Å². The minimum atomic E-state index is -0.553. The monoisotopic (exact) mass is 444 g/mol. The van der Waals surface area contributed by atoms with Gasteiger partial charge in [-0.05, 0) is 78.4 Å². The zero-order valence-corrected chi connectivity index (χ0v) is 20.3. The first-order valence-electron chi connectivity index (χ1n) is 12.1. The highest BCUT2D eigenvalue weighted by Gasteiger charge is 2.43. The molecule has 2 bridgehead atoms. The van der Waals surface area contributed by atoms with Gasteiger partial charge in [-0.15, -0.1) is 0 Å². The van der Waals surface area contributed by atoms with Crippen LogP contribution in [0.25, 0.3) is 0 Å². The highest BCUT2D eigenvalue weighted by atomic mass is 16.6. The van der Waals surface area contributed by atoms with Crippen LogP contribution in [-0.4, -0.2) is 63.6 Å². The molecule has 3 rings (SSSR count). The molecule has 1 aromatic heterocycles. The third kappa shape index (κ3) is 6.67. The van der Waals surface area contributed by atoms with Crippen LogP contribution in [0.15, 0.2) is 24.5 Å². The van der Waals surface area contributed by atoms with Crippen molar-refractivity contribution in [2.75, 3.05) is 13.1 Å². The lowest BCUT2D eigenvalue weighted by Gasteiger charge is -2.41. The van der Waals surface area contributed by atoms with Crippen molar-refractivity contribution >= 4 is 12.0 Å². The molecule has 0 unspecified atom stereocenters. The fourth-order valence-corrected chi connectivity index (χ4v) is 5.17. The quantitative estimate of drug-likeness (QED) is 0.614. The lowest BCUT2D eigenvalue weighted by atomic mass is 9.89. The molecule has 2 aliphatic heterocycles. The maximum Gasteiger partial charge on any atom is 0.410 e. The summed E-state index contributed by atoms with van der Waals surface area (Å²) >= 11 is 0. The molecule has 0 saturated carbocycles. The Hall–Kier alpha value is -2.15. The summed E-state index contributed by atoms with van der Waals surface area (Å²) in [4.78, 5) is 33.9. The summed E-state index contributed by atoms with van der Waals surface area (Å²) < 4.78 is 5.58. The van der Waals surface area contributed by atoms with Crippen LogP contribution in [0.1, 0.15) is 72.3 Å². The summed E-state index contributed by atoms with van der Waals surface area (Å²) in [5.41, 5.74) is 0.401. The minimum absolute atomic E-state index is 0.111. The van der Waals surface area contributed by atoms with Crippen LogP contribution in [-0.2, 0) is 16.1 Å². The Kier molecular flexibility index (Phi) is 8.15. The van der Waals surface area contributed by atoms with Crippen LogP contribution in [0.3, 0.4) is 0 Å². The standard InChI is InChI=1S/C25H40N4O3/c1-18(2)29-21-9-10-22(29)15-20(14-21)23(30)27-12-7-13-28(24(31)32-25(3,4)5)17-19-8-6-11-26-16-19/h6,8,11,16,18,20-22H,7,9-10,12-15,17H2,1-5H3,(H,27,30)/t21-,22-/m0/s1. The Bertz CT molecular complexity index is 748. The first-order valence-corrected chi connectivity index (χ1v) is 12.1. The maximum absolute atomic E-state index is 12.8. The molecule has 0 radical (unpaired) electrons. The Morgan fingerprint density at radius 1 is 1.25 bits per heavy atom. The molecular weight excluding hydrogens is 404 g/mol. The summed E-state index contributed by atoms with van der Waals surface area (Å²) in [6.07, 6.45) is 8.17. The van der Waals surface area contributed by atoms with Gasteiger partial charge in [-0.25, -0.2) is 4.79 Å². The normalized spacial score (nSPS) is 23.2. The first kappa shape index (κ1) is 24.5. The number of ether oxygens (including phenoxy) is 1. The molecule has 2 aliphatic rings. The molecule has 0 aliphatic carbocycles. The van der Waals surface area contributed by atoms with Crippen molar-refractivity contribution in [2.24, 2.45) is 5.92 Å². The van der Waals surface area contributed by atoms with E-state index in [1.807, 2.05) is 32.9 Å². The molecule has 7 heteroatoms.